The Kier molecular flexibility index (Phi) is 51.7. The van der Waals surface area contributed by atoms with Crippen molar-refractivity contribution in [2.24, 2.45) is 17.6 Å². The summed E-state index contributed by atoms with van der Waals surface area (Å²) in [6.07, 6.45) is 45.1. The van der Waals surface area contributed by atoms with Gasteiger partial charge in [0.25, 0.3) is 0 Å². The Morgan fingerprint density at radius 1 is 0.344 bits per heavy atom. The summed E-state index contributed by atoms with van der Waals surface area (Å²) in [4.78, 5) is 29.0. The fourth-order valence-corrected chi connectivity index (χ4v) is 8.84. The SMILES string of the molecule is CCCCCCCCC(CCCCCCCC)C(=O)OCCCCCCN(CCCCCCOC(=O)C(CCCCCCCC)CCCCCCCC)CCCOCCOCCCN. The van der Waals surface area contributed by atoms with Gasteiger partial charge in [0, 0.05) is 19.8 Å². The molecule has 0 bridgehead atoms. The van der Waals surface area contributed by atoms with Crippen LogP contribution in [0, 0.1) is 11.8 Å². The Morgan fingerprint density at radius 2 is 0.641 bits per heavy atom. The highest BCUT2D eigenvalue weighted by atomic mass is 16.5. The third-order valence-electron chi connectivity index (χ3n) is 13.1. The van der Waals surface area contributed by atoms with E-state index in [1.807, 2.05) is 0 Å². The third kappa shape index (κ3) is 44.6. The van der Waals surface area contributed by atoms with Crippen molar-refractivity contribution < 1.29 is 28.5 Å². The molecular formula is C56H112N2O6. The summed E-state index contributed by atoms with van der Waals surface area (Å²) in [6.45, 7) is 16.8. The predicted molar refractivity (Wildman–Crippen MR) is 274 cm³/mol. The first kappa shape index (κ1) is 62.8. The fraction of sp³-hybridized carbons (Fsp3) is 0.964. The van der Waals surface area contributed by atoms with Gasteiger partial charge in [0.15, 0.2) is 0 Å². The van der Waals surface area contributed by atoms with Crippen LogP contribution in [0.15, 0.2) is 0 Å². The molecule has 0 rings (SSSR count). The molecule has 0 spiro atoms. The monoisotopic (exact) mass is 909 g/mol. The van der Waals surface area contributed by atoms with E-state index >= 15 is 0 Å². The first-order valence-electron chi connectivity index (χ1n) is 28.4. The summed E-state index contributed by atoms with van der Waals surface area (Å²) in [7, 11) is 0. The number of nitrogens with two attached hydrogens (primary N) is 1. The molecule has 0 aliphatic carbocycles. The molecule has 0 aromatic heterocycles. The maximum atomic E-state index is 13.2. The van der Waals surface area contributed by atoms with Crippen molar-refractivity contribution in [2.45, 2.75) is 272 Å². The zero-order valence-corrected chi connectivity index (χ0v) is 43.6. The Morgan fingerprint density at radius 3 is 1.00 bits per heavy atom. The van der Waals surface area contributed by atoms with Gasteiger partial charge < -0.3 is 29.6 Å². The van der Waals surface area contributed by atoms with Crippen LogP contribution in [0.5, 0.6) is 0 Å². The van der Waals surface area contributed by atoms with E-state index in [1.165, 1.54) is 128 Å². The maximum absolute atomic E-state index is 13.2. The van der Waals surface area contributed by atoms with Crippen molar-refractivity contribution in [3.05, 3.63) is 0 Å². The largest absolute Gasteiger partial charge is 0.465 e. The smallest absolute Gasteiger partial charge is 0.308 e. The average molecular weight is 910 g/mol. The highest BCUT2D eigenvalue weighted by Crippen LogP contribution is 2.23. The quantitative estimate of drug-likeness (QED) is 0.0476. The van der Waals surface area contributed by atoms with Crippen molar-refractivity contribution in [2.75, 3.05) is 65.8 Å². The van der Waals surface area contributed by atoms with Crippen molar-refractivity contribution in [3.8, 4) is 0 Å². The molecule has 8 heteroatoms. The normalized spacial score (nSPS) is 11.8. The number of carbonyl (C=O) groups is 2. The van der Waals surface area contributed by atoms with Gasteiger partial charge in [-0.2, -0.15) is 0 Å². The third-order valence-corrected chi connectivity index (χ3v) is 13.1. The standard InChI is InChI=1S/C56H112N2O6/c1-5-9-13-17-21-29-39-53(40-30-22-18-14-10-6-2)55(59)63-49-35-27-25-33-44-58(46-38-48-62-52-51-61-47-37-43-57)45-34-26-28-36-50-64-56(60)54(41-31-23-19-15-11-7-3)42-32-24-20-16-12-8-4/h53-54H,5-52,57H2,1-4H3. The molecule has 382 valence electrons. The minimum atomic E-state index is 0.0620. The summed E-state index contributed by atoms with van der Waals surface area (Å²) < 4.78 is 23.3. The van der Waals surface area contributed by atoms with E-state index in [4.69, 9.17) is 24.7 Å². The molecule has 64 heavy (non-hydrogen) atoms. The van der Waals surface area contributed by atoms with Gasteiger partial charge in [-0.05, 0) is 83.8 Å². The zero-order valence-electron chi connectivity index (χ0n) is 43.6. The summed E-state index contributed by atoms with van der Waals surface area (Å²) >= 11 is 0. The van der Waals surface area contributed by atoms with Crippen LogP contribution in [0.25, 0.3) is 0 Å². The molecule has 0 aliphatic rings. The molecular weight excluding hydrogens is 797 g/mol. The van der Waals surface area contributed by atoms with Gasteiger partial charge in [-0.25, -0.2) is 0 Å². The van der Waals surface area contributed by atoms with Crippen LogP contribution in [0.1, 0.15) is 272 Å². The number of hydrogen-bond donors (Lipinski definition) is 1. The molecule has 0 fully saturated rings. The second-order valence-electron chi connectivity index (χ2n) is 19.3. The molecule has 0 radical (unpaired) electrons. The second-order valence-corrected chi connectivity index (χ2v) is 19.3. The van der Waals surface area contributed by atoms with Crippen LogP contribution in [0.4, 0.5) is 0 Å². The van der Waals surface area contributed by atoms with E-state index in [1.54, 1.807) is 0 Å². The van der Waals surface area contributed by atoms with E-state index in [9.17, 15) is 9.59 Å². The number of hydrogen-bond acceptors (Lipinski definition) is 8. The summed E-state index contributed by atoms with van der Waals surface area (Å²) in [5.41, 5.74) is 5.56. The number of rotatable bonds is 54. The Bertz CT molecular complexity index is 843. The van der Waals surface area contributed by atoms with Crippen molar-refractivity contribution in [1.82, 2.24) is 4.90 Å². The Hall–Kier alpha value is -1.22. The van der Waals surface area contributed by atoms with Gasteiger partial charge in [0.2, 0.25) is 0 Å². The van der Waals surface area contributed by atoms with Gasteiger partial charge in [-0.1, -0.05) is 207 Å². The number of esters is 2. The lowest BCUT2D eigenvalue weighted by Gasteiger charge is -2.22. The van der Waals surface area contributed by atoms with Gasteiger partial charge >= 0.3 is 11.9 Å². The highest BCUT2D eigenvalue weighted by molar-refractivity contribution is 5.72. The molecule has 0 unspecified atom stereocenters. The van der Waals surface area contributed by atoms with E-state index in [2.05, 4.69) is 32.6 Å². The molecule has 0 aromatic rings. The summed E-state index contributed by atoms with van der Waals surface area (Å²) in [5.74, 6) is 0.291. The van der Waals surface area contributed by atoms with E-state index in [-0.39, 0.29) is 23.8 Å². The topological polar surface area (TPSA) is 100 Å². The predicted octanol–water partition coefficient (Wildman–Crippen LogP) is 15.5. The van der Waals surface area contributed by atoms with E-state index in [0.717, 1.165) is 142 Å². The molecule has 0 aromatic carbocycles. The average Bonchev–Trinajstić information content (AvgIpc) is 3.30. The van der Waals surface area contributed by atoms with Gasteiger partial charge in [0.05, 0.1) is 38.3 Å². The van der Waals surface area contributed by atoms with Crippen molar-refractivity contribution in [1.29, 1.82) is 0 Å². The van der Waals surface area contributed by atoms with Crippen LogP contribution < -0.4 is 5.73 Å². The molecule has 0 amide bonds. The van der Waals surface area contributed by atoms with Crippen LogP contribution in [-0.4, -0.2) is 82.7 Å². The van der Waals surface area contributed by atoms with Gasteiger partial charge in [-0.3, -0.25) is 9.59 Å². The zero-order chi connectivity index (χ0) is 46.7. The molecule has 0 saturated carbocycles. The molecule has 0 saturated heterocycles. The van der Waals surface area contributed by atoms with E-state index in [0.29, 0.717) is 39.6 Å². The second kappa shape index (κ2) is 52.7. The minimum absolute atomic E-state index is 0.0620. The fourth-order valence-electron chi connectivity index (χ4n) is 8.84. The highest BCUT2D eigenvalue weighted by Gasteiger charge is 2.20. The molecule has 8 nitrogen and oxygen atoms in total. The Balaban J connectivity index is 4.72. The van der Waals surface area contributed by atoms with Crippen LogP contribution in [0.2, 0.25) is 0 Å². The lowest BCUT2D eigenvalue weighted by Crippen LogP contribution is -2.28. The van der Waals surface area contributed by atoms with Gasteiger partial charge in [-0.15, -0.1) is 0 Å². The summed E-state index contributed by atoms with van der Waals surface area (Å²) in [6, 6.07) is 0. The first-order chi connectivity index (χ1) is 31.5. The lowest BCUT2D eigenvalue weighted by molar-refractivity contribution is -0.150. The van der Waals surface area contributed by atoms with Crippen LogP contribution >= 0.6 is 0 Å². The number of unbranched alkanes of at least 4 members (excludes halogenated alkanes) is 26. The van der Waals surface area contributed by atoms with Crippen LogP contribution in [0.3, 0.4) is 0 Å². The molecule has 0 aliphatic heterocycles. The van der Waals surface area contributed by atoms with Gasteiger partial charge in [0.1, 0.15) is 0 Å². The molecule has 2 N–H and O–H groups in total. The molecule has 0 atom stereocenters. The Labute approximate surface area is 399 Å². The first-order valence-corrected chi connectivity index (χ1v) is 28.4. The number of ether oxygens (including phenoxy) is 4. The van der Waals surface area contributed by atoms with Crippen molar-refractivity contribution >= 4 is 11.9 Å². The maximum Gasteiger partial charge on any atom is 0.308 e. The minimum Gasteiger partial charge on any atom is -0.465 e. The number of carbonyl (C=O) groups excluding carboxylic acids is 2. The lowest BCUT2D eigenvalue weighted by atomic mass is 9.94. The number of nitrogens with zero attached hydrogens (tertiary/aromatic N) is 1. The molecule has 0 heterocycles. The summed E-state index contributed by atoms with van der Waals surface area (Å²) in [5, 5.41) is 0. The van der Waals surface area contributed by atoms with Crippen LogP contribution in [-0.2, 0) is 28.5 Å². The van der Waals surface area contributed by atoms with E-state index < -0.39 is 0 Å². The van der Waals surface area contributed by atoms with Crippen molar-refractivity contribution in [3.63, 3.8) is 0 Å².